The number of aromatic amines is 1. The zero-order chi connectivity index (χ0) is 15.2. The summed E-state index contributed by atoms with van der Waals surface area (Å²) >= 11 is 0. The summed E-state index contributed by atoms with van der Waals surface area (Å²) < 4.78 is 0. The standard InChI is InChI=1S/C14H16N4O3/c1-10-4-5-11(9-12(10)18(20)21)14(19)17-6-2-3-13-15-7-8-16-13/h4-5,7-9H,2-3,6H2,1H3,(H,15,16)(H,17,19). The molecular formula is C14H16N4O3. The quantitative estimate of drug-likeness (QED) is 0.482. The summed E-state index contributed by atoms with van der Waals surface area (Å²) in [5, 5.41) is 13.6. The molecule has 0 fully saturated rings. The van der Waals surface area contributed by atoms with Crippen LogP contribution in [-0.2, 0) is 6.42 Å². The average molecular weight is 288 g/mol. The van der Waals surface area contributed by atoms with Crippen LogP contribution in [0.15, 0.2) is 30.6 Å². The summed E-state index contributed by atoms with van der Waals surface area (Å²) in [6, 6.07) is 4.47. The second kappa shape index (κ2) is 6.65. The molecule has 7 nitrogen and oxygen atoms in total. The van der Waals surface area contributed by atoms with Crippen LogP contribution in [0.3, 0.4) is 0 Å². The van der Waals surface area contributed by atoms with Crippen LogP contribution in [0.1, 0.15) is 28.2 Å². The Labute approximate surface area is 121 Å². The third-order valence-corrected chi connectivity index (χ3v) is 3.10. The van der Waals surface area contributed by atoms with E-state index in [1.807, 2.05) is 0 Å². The molecule has 0 aliphatic carbocycles. The Morgan fingerprint density at radius 1 is 1.48 bits per heavy atom. The molecule has 2 aromatic rings. The molecule has 1 aromatic heterocycles. The lowest BCUT2D eigenvalue weighted by Crippen LogP contribution is -2.25. The maximum Gasteiger partial charge on any atom is 0.273 e. The first-order valence-electron chi connectivity index (χ1n) is 6.59. The van der Waals surface area contributed by atoms with Crippen molar-refractivity contribution in [3.8, 4) is 0 Å². The zero-order valence-corrected chi connectivity index (χ0v) is 11.6. The number of aryl methyl sites for hydroxylation is 2. The van der Waals surface area contributed by atoms with E-state index in [1.165, 1.54) is 6.07 Å². The van der Waals surface area contributed by atoms with Gasteiger partial charge in [0.25, 0.3) is 11.6 Å². The van der Waals surface area contributed by atoms with Crippen molar-refractivity contribution in [1.82, 2.24) is 15.3 Å². The number of nitro groups is 1. The predicted octanol–water partition coefficient (Wildman–Crippen LogP) is 1.99. The number of aromatic nitrogens is 2. The van der Waals surface area contributed by atoms with Gasteiger partial charge in [0.15, 0.2) is 0 Å². The van der Waals surface area contributed by atoms with Gasteiger partial charge in [-0.1, -0.05) is 6.07 Å². The molecule has 0 unspecified atom stereocenters. The first kappa shape index (κ1) is 14.7. The molecule has 2 N–H and O–H groups in total. The number of carbonyl (C=O) groups is 1. The van der Waals surface area contributed by atoms with Gasteiger partial charge in [0.05, 0.1) is 4.92 Å². The van der Waals surface area contributed by atoms with E-state index < -0.39 is 4.92 Å². The van der Waals surface area contributed by atoms with E-state index in [2.05, 4.69) is 15.3 Å². The van der Waals surface area contributed by atoms with Crippen molar-refractivity contribution in [2.24, 2.45) is 0 Å². The van der Waals surface area contributed by atoms with Crippen molar-refractivity contribution in [1.29, 1.82) is 0 Å². The Hall–Kier alpha value is -2.70. The van der Waals surface area contributed by atoms with Gasteiger partial charge < -0.3 is 10.3 Å². The summed E-state index contributed by atoms with van der Waals surface area (Å²) in [5.74, 6) is 0.563. The number of H-pyrrole nitrogens is 1. The van der Waals surface area contributed by atoms with Crippen molar-refractivity contribution in [2.75, 3.05) is 6.54 Å². The van der Waals surface area contributed by atoms with Gasteiger partial charge in [-0.2, -0.15) is 0 Å². The smallest absolute Gasteiger partial charge is 0.273 e. The molecule has 1 heterocycles. The minimum Gasteiger partial charge on any atom is -0.352 e. The van der Waals surface area contributed by atoms with Crippen LogP contribution < -0.4 is 5.32 Å². The first-order valence-corrected chi connectivity index (χ1v) is 6.59. The van der Waals surface area contributed by atoms with Crippen molar-refractivity contribution >= 4 is 11.6 Å². The molecule has 0 aliphatic heterocycles. The molecule has 0 radical (unpaired) electrons. The number of nitrogens with zero attached hydrogens (tertiary/aromatic N) is 2. The van der Waals surface area contributed by atoms with Crippen LogP contribution in [0.4, 0.5) is 5.69 Å². The van der Waals surface area contributed by atoms with Crippen LogP contribution >= 0.6 is 0 Å². The maximum absolute atomic E-state index is 11.9. The minimum absolute atomic E-state index is 0.0433. The summed E-state index contributed by atoms with van der Waals surface area (Å²) in [7, 11) is 0. The Balaban J connectivity index is 1.88. The van der Waals surface area contributed by atoms with Crippen molar-refractivity contribution in [2.45, 2.75) is 19.8 Å². The van der Waals surface area contributed by atoms with E-state index in [-0.39, 0.29) is 11.6 Å². The van der Waals surface area contributed by atoms with E-state index in [4.69, 9.17) is 0 Å². The average Bonchev–Trinajstić information content (AvgIpc) is 2.96. The third kappa shape index (κ3) is 3.88. The first-order chi connectivity index (χ1) is 10.1. The highest BCUT2D eigenvalue weighted by Gasteiger charge is 2.14. The lowest BCUT2D eigenvalue weighted by atomic mass is 10.1. The minimum atomic E-state index is -0.483. The van der Waals surface area contributed by atoms with Gasteiger partial charge in [0.2, 0.25) is 0 Å². The molecule has 0 saturated heterocycles. The second-order valence-corrected chi connectivity index (χ2v) is 4.65. The molecule has 0 aliphatic rings. The molecular weight excluding hydrogens is 272 g/mol. The lowest BCUT2D eigenvalue weighted by Gasteiger charge is -2.05. The number of nitro benzene ring substituents is 1. The van der Waals surface area contributed by atoms with Crippen LogP contribution in [-0.4, -0.2) is 27.3 Å². The second-order valence-electron chi connectivity index (χ2n) is 4.65. The SMILES string of the molecule is Cc1ccc(C(=O)NCCCc2ncc[nH]2)cc1[N+](=O)[O-]. The summed E-state index contributed by atoms with van der Waals surface area (Å²) in [4.78, 5) is 29.4. The van der Waals surface area contributed by atoms with Gasteiger partial charge in [-0.3, -0.25) is 14.9 Å². The monoisotopic (exact) mass is 288 g/mol. The van der Waals surface area contributed by atoms with Crippen LogP contribution in [0.25, 0.3) is 0 Å². The van der Waals surface area contributed by atoms with Gasteiger partial charge in [0, 0.05) is 42.6 Å². The van der Waals surface area contributed by atoms with Crippen LogP contribution in [0.5, 0.6) is 0 Å². The fourth-order valence-electron chi connectivity index (χ4n) is 1.94. The van der Waals surface area contributed by atoms with Gasteiger partial charge in [-0.05, 0) is 19.4 Å². The largest absolute Gasteiger partial charge is 0.352 e. The van der Waals surface area contributed by atoms with E-state index in [9.17, 15) is 14.9 Å². The number of imidazole rings is 1. The number of rotatable bonds is 6. The Kier molecular flexibility index (Phi) is 4.65. The van der Waals surface area contributed by atoms with Crippen molar-refractivity contribution in [3.63, 3.8) is 0 Å². The highest BCUT2D eigenvalue weighted by Crippen LogP contribution is 2.19. The molecule has 21 heavy (non-hydrogen) atoms. The van der Waals surface area contributed by atoms with Crippen LogP contribution in [0, 0.1) is 17.0 Å². The molecule has 2 rings (SSSR count). The third-order valence-electron chi connectivity index (χ3n) is 3.10. The van der Waals surface area contributed by atoms with Gasteiger partial charge in [-0.15, -0.1) is 0 Å². The summed E-state index contributed by atoms with van der Waals surface area (Å²) in [6.45, 7) is 2.13. The van der Waals surface area contributed by atoms with Gasteiger partial charge in [0.1, 0.15) is 5.82 Å². The van der Waals surface area contributed by atoms with Gasteiger partial charge in [-0.25, -0.2) is 4.98 Å². The highest BCUT2D eigenvalue weighted by atomic mass is 16.6. The van der Waals surface area contributed by atoms with E-state index in [1.54, 1.807) is 31.5 Å². The summed E-state index contributed by atoms with van der Waals surface area (Å²) in [5.41, 5.74) is 0.790. The zero-order valence-electron chi connectivity index (χ0n) is 11.6. The Morgan fingerprint density at radius 3 is 2.95 bits per heavy atom. The van der Waals surface area contributed by atoms with E-state index >= 15 is 0 Å². The predicted molar refractivity (Wildman–Crippen MR) is 77.1 cm³/mol. The number of benzene rings is 1. The van der Waals surface area contributed by atoms with Crippen molar-refractivity contribution in [3.05, 3.63) is 57.7 Å². The number of nitrogens with one attached hydrogen (secondary N) is 2. The lowest BCUT2D eigenvalue weighted by molar-refractivity contribution is -0.385. The van der Waals surface area contributed by atoms with E-state index in [0.717, 1.165) is 18.7 Å². The van der Waals surface area contributed by atoms with Crippen LogP contribution in [0.2, 0.25) is 0 Å². The Bertz CT molecular complexity index is 638. The fraction of sp³-hybridized carbons (Fsp3) is 0.286. The number of hydrogen-bond acceptors (Lipinski definition) is 4. The molecule has 1 aromatic carbocycles. The molecule has 0 bridgehead atoms. The number of amides is 1. The van der Waals surface area contributed by atoms with Crippen molar-refractivity contribution < 1.29 is 9.72 Å². The van der Waals surface area contributed by atoms with E-state index in [0.29, 0.717) is 17.7 Å². The van der Waals surface area contributed by atoms with Gasteiger partial charge >= 0.3 is 0 Å². The molecule has 0 saturated carbocycles. The fourth-order valence-corrected chi connectivity index (χ4v) is 1.94. The molecule has 7 heteroatoms. The highest BCUT2D eigenvalue weighted by molar-refractivity contribution is 5.94. The molecule has 1 amide bonds. The molecule has 0 spiro atoms. The number of hydrogen-bond donors (Lipinski definition) is 2. The maximum atomic E-state index is 11.9. The molecule has 0 atom stereocenters. The molecule has 110 valence electrons. The normalized spacial score (nSPS) is 10.3. The summed E-state index contributed by atoms with van der Waals surface area (Å²) in [6.07, 6.45) is 4.91. The topological polar surface area (TPSA) is 101 Å². The Morgan fingerprint density at radius 2 is 2.29 bits per heavy atom. The number of carbonyl (C=O) groups excluding carboxylic acids is 1.